The number of nitrogens with one attached hydrogen (secondary N) is 1. The molecule has 1 atom stereocenters. The first-order valence-electron chi connectivity index (χ1n) is 7.08. The van der Waals surface area contributed by atoms with E-state index in [2.05, 4.69) is 19.2 Å². The van der Waals surface area contributed by atoms with Gasteiger partial charge in [-0.05, 0) is 30.6 Å². The van der Waals surface area contributed by atoms with Gasteiger partial charge in [-0.25, -0.2) is 0 Å². The van der Waals surface area contributed by atoms with Crippen LogP contribution in [0.4, 0.5) is 0 Å². The summed E-state index contributed by atoms with van der Waals surface area (Å²) in [6.45, 7) is 7.89. The maximum Gasteiger partial charge on any atom is 0.246 e. The van der Waals surface area contributed by atoms with Gasteiger partial charge in [0.2, 0.25) is 11.8 Å². The summed E-state index contributed by atoms with van der Waals surface area (Å²) < 4.78 is 0. The van der Waals surface area contributed by atoms with Gasteiger partial charge in [-0.15, -0.1) is 0 Å². The SMILES string of the molecule is CCCN1C(=O)CC(NCC2(C(C)C)CC2)C1=O. The fourth-order valence-electron chi connectivity index (χ4n) is 2.75. The van der Waals surface area contributed by atoms with Crippen LogP contribution in [0.2, 0.25) is 0 Å². The second-order valence-electron chi connectivity index (χ2n) is 6.04. The Morgan fingerprint density at radius 1 is 1.39 bits per heavy atom. The summed E-state index contributed by atoms with van der Waals surface area (Å²) in [6.07, 6.45) is 3.66. The number of amides is 2. The zero-order chi connectivity index (χ0) is 13.3. The normalized spacial score (nSPS) is 26.2. The Morgan fingerprint density at radius 3 is 2.56 bits per heavy atom. The van der Waals surface area contributed by atoms with Gasteiger partial charge >= 0.3 is 0 Å². The lowest BCUT2D eigenvalue weighted by atomic mass is 9.92. The van der Waals surface area contributed by atoms with Crippen LogP contribution >= 0.6 is 0 Å². The van der Waals surface area contributed by atoms with Crippen LogP contribution < -0.4 is 5.32 Å². The number of carbonyl (C=O) groups excluding carboxylic acids is 2. The van der Waals surface area contributed by atoms with Crippen LogP contribution in [0.25, 0.3) is 0 Å². The Bertz CT molecular complexity index is 348. The molecule has 1 aliphatic heterocycles. The van der Waals surface area contributed by atoms with Crippen molar-refractivity contribution in [2.24, 2.45) is 11.3 Å². The highest BCUT2D eigenvalue weighted by molar-refractivity contribution is 6.05. The first kappa shape index (κ1) is 13.5. The molecule has 2 fully saturated rings. The van der Waals surface area contributed by atoms with E-state index in [1.54, 1.807) is 0 Å². The highest BCUT2D eigenvalue weighted by Gasteiger charge is 2.46. The lowest BCUT2D eigenvalue weighted by Gasteiger charge is -2.22. The molecule has 4 heteroatoms. The van der Waals surface area contributed by atoms with Crippen LogP contribution in [-0.4, -0.2) is 35.8 Å². The Labute approximate surface area is 109 Å². The maximum atomic E-state index is 12.1. The molecular formula is C14H24N2O2. The van der Waals surface area contributed by atoms with E-state index in [9.17, 15) is 9.59 Å². The Hall–Kier alpha value is -0.900. The summed E-state index contributed by atoms with van der Waals surface area (Å²) in [6, 6.07) is -0.278. The molecule has 0 aromatic carbocycles. The number of carbonyl (C=O) groups is 2. The van der Waals surface area contributed by atoms with Crippen LogP contribution in [0.5, 0.6) is 0 Å². The van der Waals surface area contributed by atoms with Gasteiger partial charge in [0, 0.05) is 13.1 Å². The minimum Gasteiger partial charge on any atom is -0.305 e. The van der Waals surface area contributed by atoms with Crippen LogP contribution in [0, 0.1) is 11.3 Å². The minimum absolute atomic E-state index is 0.0197. The van der Waals surface area contributed by atoms with Crippen molar-refractivity contribution in [3.8, 4) is 0 Å². The first-order valence-corrected chi connectivity index (χ1v) is 7.08. The predicted octanol–water partition coefficient (Wildman–Crippen LogP) is 1.55. The Morgan fingerprint density at radius 2 is 2.06 bits per heavy atom. The lowest BCUT2D eigenvalue weighted by molar-refractivity contribution is -0.138. The first-order chi connectivity index (χ1) is 8.50. The summed E-state index contributed by atoms with van der Waals surface area (Å²) in [5, 5.41) is 3.32. The molecule has 0 aromatic rings. The molecule has 1 heterocycles. The molecule has 1 aliphatic carbocycles. The van der Waals surface area contributed by atoms with E-state index in [-0.39, 0.29) is 17.9 Å². The number of likely N-dealkylation sites (tertiary alicyclic amines) is 1. The molecule has 2 aliphatic rings. The van der Waals surface area contributed by atoms with Gasteiger partial charge in [0.05, 0.1) is 12.5 Å². The van der Waals surface area contributed by atoms with Gasteiger partial charge in [-0.1, -0.05) is 20.8 Å². The molecule has 0 radical (unpaired) electrons. The predicted molar refractivity (Wildman–Crippen MR) is 69.9 cm³/mol. The van der Waals surface area contributed by atoms with Crippen molar-refractivity contribution >= 4 is 11.8 Å². The van der Waals surface area contributed by atoms with Crippen LogP contribution in [-0.2, 0) is 9.59 Å². The van der Waals surface area contributed by atoms with Crippen molar-refractivity contribution in [3.05, 3.63) is 0 Å². The van der Waals surface area contributed by atoms with Crippen molar-refractivity contribution in [2.45, 2.75) is 52.5 Å². The summed E-state index contributed by atoms with van der Waals surface area (Å²) in [5.41, 5.74) is 0.376. The van der Waals surface area contributed by atoms with Gasteiger partial charge in [0.1, 0.15) is 0 Å². The summed E-state index contributed by atoms with van der Waals surface area (Å²) in [7, 11) is 0. The van der Waals surface area contributed by atoms with Crippen molar-refractivity contribution in [2.75, 3.05) is 13.1 Å². The highest BCUT2D eigenvalue weighted by atomic mass is 16.2. The van der Waals surface area contributed by atoms with E-state index in [1.807, 2.05) is 6.92 Å². The van der Waals surface area contributed by atoms with Gasteiger partial charge < -0.3 is 5.32 Å². The van der Waals surface area contributed by atoms with Gasteiger partial charge in [0.15, 0.2) is 0 Å². The zero-order valence-corrected chi connectivity index (χ0v) is 11.7. The fourth-order valence-corrected chi connectivity index (χ4v) is 2.75. The summed E-state index contributed by atoms with van der Waals surface area (Å²) >= 11 is 0. The maximum absolute atomic E-state index is 12.1. The smallest absolute Gasteiger partial charge is 0.246 e. The van der Waals surface area contributed by atoms with Gasteiger partial charge in [0.25, 0.3) is 0 Å². The molecule has 1 N–H and O–H groups in total. The van der Waals surface area contributed by atoms with Crippen molar-refractivity contribution in [3.63, 3.8) is 0 Å². The number of nitrogens with zero attached hydrogens (tertiary/aromatic N) is 1. The number of imide groups is 1. The molecular weight excluding hydrogens is 228 g/mol. The molecule has 4 nitrogen and oxygen atoms in total. The molecule has 0 aromatic heterocycles. The lowest BCUT2D eigenvalue weighted by Crippen LogP contribution is -2.42. The standard InChI is InChI=1S/C14H24N2O2/c1-4-7-16-12(17)8-11(13(16)18)15-9-14(5-6-14)10(2)3/h10-11,15H,4-9H2,1-3H3. The molecule has 1 unspecified atom stereocenters. The third-order valence-corrected chi connectivity index (χ3v) is 4.51. The second-order valence-corrected chi connectivity index (χ2v) is 6.04. The second kappa shape index (κ2) is 5.00. The zero-order valence-electron chi connectivity index (χ0n) is 11.7. The van der Waals surface area contributed by atoms with E-state index in [1.165, 1.54) is 17.7 Å². The Kier molecular flexibility index (Phi) is 3.76. The van der Waals surface area contributed by atoms with Crippen LogP contribution in [0.15, 0.2) is 0 Å². The molecule has 1 saturated heterocycles. The van der Waals surface area contributed by atoms with E-state index >= 15 is 0 Å². The summed E-state index contributed by atoms with van der Waals surface area (Å²) in [5.74, 6) is 0.596. The quantitative estimate of drug-likeness (QED) is 0.730. The molecule has 0 spiro atoms. The van der Waals surface area contributed by atoms with Crippen LogP contribution in [0.3, 0.4) is 0 Å². The summed E-state index contributed by atoms with van der Waals surface area (Å²) in [4.78, 5) is 25.2. The average molecular weight is 252 g/mol. The average Bonchev–Trinajstić information content (AvgIpc) is 3.06. The van der Waals surface area contributed by atoms with E-state index in [4.69, 9.17) is 0 Å². The molecule has 1 saturated carbocycles. The Balaban J connectivity index is 1.88. The van der Waals surface area contributed by atoms with Gasteiger partial charge in [-0.2, -0.15) is 0 Å². The number of hydrogen-bond acceptors (Lipinski definition) is 3. The minimum atomic E-state index is -0.278. The van der Waals surface area contributed by atoms with E-state index in [0.29, 0.717) is 24.3 Å². The van der Waals surface area contributed by atoms with E-state index in [0.717, 1.165) is 13.0 Å². The van der Waals surface area contributed by atoms with Crippen molar-refractivity contribution in [1.82, 2.24) is 10.2 Å². The van der Waals surface area contributed by atoms with Gasteiger partial charge in [-0.3, -0.25) is 14.5 Å². The molecule has 102 valence electrons. The largest absolute Gasteiger partial charge is 0.305 e. The number of hydrogen-bond donors (Lipinski definition) is 1. The number of rotatable bonds is 6. The molecule has 0 bridgehead atoms. The van der Waals surface area contributed by atoms with Crippen molar-refractivity contribution in [1.29, 1.82) is 0 Å². The molecule has 18 heavy (non-hydrogen) atoms. The molecule has 2 rings (SSSR count). The van der Waals surface area contributed by atoms with E-state index < -0.39 is 0 Å². The monoisotopic (exact) mass is 252 g/mol. The fraction of sp³-hybridized carbons (Fsp3) is 0.857. The highest BCUT2D eigenvalue weighted by Crippen LogP contribution is 2.51. The topological polar surface area (TPSA) is 49.4 Å². The molecule has 2 amide bonds. The van der Waals surface area contributed by atoms with Crippen molar-refractivity contribution < 1.29 is 9.59 Å². The third kappa shape index (κ3) is 2.44. The third-order valence-electron chi connectivity index (χ3n) is 4.51. The van der Waals surface area contributed by atoms with Crippen LogP contribution in [0.1, 0.15) is 46.5 Å².